The van der Waals surface area contributed by atoms with E-state index in [1.54, 1.807) is 0 Å². The van der Waals surface area contributed by atoms with Crippen molar-refractivity contribution in [3.63, 3.8) is 0 Å². The zero-order valence-corrected chi connectivity index (χ0v) is 14.7. The molecule has 0 unspecified atom stereocenters. The number of fused-ring (bicyclic) bond motifs is 1. The fourth-order valence-corrected chi connectivity index (χ4v) is 4.04. The number of hydrogen-bond acceptors (Lipinski definition) is 3. The Labute approximate surface area is 142 Å². The second-order valence-corrected chi connectivity index (χ2v) is 7.52. The molecule has 1 aliphatic carbocycles. The zero-order chi connectivity index (χ0) is 16.8. The zero-order valence-electron chi connectivity index (χ0n) is 14.7. The first-order chi connectivity index (χ1) is 11.5. The van der Waals surface area contributed by atoms with Gasteiger partial charge in [-0.05, 0) is 44.7 Å². The molecule has 0 atom stereocenters. The first-order valence-electron chi connectivity index (χ1n) is 8.90. The summed E-state index contributed by atoms with van der Waals surface area (Å²) in [6, 6.07) is 4.24. The molecule has 3 heterocycles. The fourth-order valence-electron chi connectivity index (χ4n) is 4.04. The lowest BCUT2D eigenvalue weighted by Crippen LogP contribution is -2.43. The van der Waals surface area contributed by atoms with E-state index < -0.39 is 0 Å². The van der Waals surface area contributed by atoms with E-state index in [-0.39, 0.29) is 5.92 Å². The van der Waals surface area contributed by atoms with E-state index in [9.17, 15) is 4.79 Å². The maximum Gasteiger partial charge on any atom is 0.226 e. The molecule has 0 bridgehead atoms. The van der Waals surface area contributed by atoms with Crippen LogP contribution < -0.4 is 0 Å². The molecule has 2 aromatic heterocycles. The Morgan fingerprint density at radius 1 is 1.29 bits per heavy atom. The molecule has 1 saturated carbocycles. The number of rotatable bonds is 3. The molecule has 2 aromatic rings. The number of aryl methyl sites for hydroxylation is 2. The van der Waals surface area contributed by atoms with Crippen LogP contribution in [0.4, 0.5) is 0 Å². The molecular formula is C19H25N3O2. The van der Waals surface area contributed by atoms with Crippen LogP contribution in [0.2, 0.25) is 0 Å². The van der Waals surface area contributed by atoms with Gasteiger partial charge in [0, 0.05) is 35.8 Å². The van der Waals surface area contributed by atoms with Crippen molar-refractivity contribution in [3.05, 3.63) is 40.5 Å². The average Bonchev–Trinajstić information content (AvgIpc) is 3.09. The van der Waals surface area contributed by atoms with Gasteiger partial charge in [0.05, 0.1) is 13.1 Å². The molecule has 128 valence electrons. The largest absolute Gasteiger partial charge is 0.361 e. The van der Waals surface area contributed by atoms with Crippen molar-refractivity contribution in [1.82, 2.24) is 14.6 Å². The smallest absolute Gasteiger partial charge is 0.226 e. The summed E-state index contributed by atoms with van der Waals surface area (Å²) in [7, 11) is 0. The normalized spacial score (nSPS) is 23.0. The third kappa shape index (κ3) is 2.56. The molecule has 2 aliphatic rings. The van der Waals surface area contributed by atoms with Crippen LogP contribution >= 0.6 is 0 Å². The Kier molecular flexibility index (Phi) is 3.74. The third-order valence-corrected chi connectivity index (χ3v) is 5.67. The van der Waals surface area contributed by atoms with Crippen LogP contribution in [-0.2, 0) is 24.3 Å². The quantitative estimate of drug-likeness (QED) is 0.870. The second-order valence-electron chi connectivity index (χ2n) is 7.52. The first kappa shape index (κ1) is 15.5. The number of hydrogen-bond donors (Lipinski definition) is 0. The van der Waals surface area contributed by atoms with E-state index in [1.165, 1.54) is 11.4 Å². The number of carbonyl (C=O) groups excluding carboxylic acids is 1. The third-order valence-electron chi connectivity index (χ3n) is 5.67. The highest BCUT2D eigenvalue weighted by Gasteiger charge is 2.36. The Bertz CT molecular complexity index is 748. The van der Waals surface area contributed by atoms with E-state index in [0.29, 0.717) is 24.9 Å². The maximum atomic E-state index is 12.7. The standard InChI is InChI=1S/C19H25N3O2/c1-12-8-15(9-12)19(23)21-7-6-18-16(10-21)17(20-24-18)11-22-13(2)4-5-14(22)3/h4-5,12,15H,6-11H2,1-3H3. The van der Waals surface area contributed by atoms with Gasteiger partial charge in [0.2, 0.25) is 5.91 Å². The van der Waals surface area contributed by atoms with Crippen molar-refractivity contribution in [1.29, 1.82) is 0 Å². The summed E-state index contributed by atoms with van der Waals surface area (Å²) in [6.45, 7) is 8.55. The average molecular weight is 327 g/mol. The molecule has 5 nitrogen and oxygen atoms in total. The minimum Gasteiger partial charge on any atom is -0.361 e. The van der Waals surface area contributed by atoms with Crippen molar-refractivity contribution in [2.45, 2.75) is 53.1 Å². The Balaban J connectivity index is 1.53. The van der Waals surface area contributed by atoms with Gasteiger partial charge in [-0.1, -0.05) is 12.1 Å². The minimum absolute atomic E-state index is 0.235. The summed E-state index contributed by atoms with van der Waals surface area (Å²) in [4.78, 5) is 14.7. The van der Waals surface area contributed by atoms with E-state index in [2.05, 4.69) is 42.6 Å². The van der Waals surface area contributed by atoms with Crippen LogP contribution in [-0.4, -0.2) is 27.1 Å². The van der Waals surface area contributed by atoms with Crippen molar-refractivity contribution >= 4 is 5.91 Å². The van der Waals surface area contributed by atoms with Gasteiger partial charge in [0.1, 0.15) is 11.5 Å². The number of aromatic nitrogens is 2. The van der Waals surface area contributed by atoms with Gasteiger partial charge in [0.15, 0.2) is 0 Å². The molecule has 0 aromatic carbocycles. The predicted octanol–water partition coefficient (Wildman–Crippen LogP) is 3.07. The Morgan fingerprint density at radius 3 is 2.67 bits per heavy atom. The van der Waals surface area contributed by atoms with E-state index >= 15 is 0 Å². The van der Waals surface area contributed by atoms with Crippen LogP contribution in [0.5, 0.6) is 0 Å². The van der Waals surface area contributed by atoms with Gasteiger partial charge in [0.25, 0.3) is 0 Å². The highest BCUT2D eigenvalue weighted by molar-refractivity contribution is 5.80. The summed E-state index contributed by atoms with van der Waals surface area (Å²) >= 11 is 0. The monoisotopic (exact) mass is 327 g/mol. The molecule has 0 spiro atoms. The topological polar surface area (TPSA) is 51.3 Å². The van der Waals surface area contributed by atoms with Crippen LogP contribution in [0.1, 0.15) is 48.2 Å². The van der Waals surface area contributed by atoms with Gasteiger partial charge >= 0.3 is 0 Å². The molecule has 0 saturated heterocycles. The van der Waals surface area contributed by atoms with Gasteiger partial charge in [-0.25, -0.2) is 0 Å². The van der Waals surface area contributed by atoms with Crippen LogP contribution in [0.3, 0.4) is 0 Å². The highest BCUT2D eigenvalue weighted by Crippen LogP contribution is 2.35. The Hall–Kier alpha value is -2.04. The first-order valence-corrected chi connectivity index (χ1v) is 8.90. The lowest BCUT2D eigenvalue weighted by Gasteiger charge is -2.37. The second kappa shape index (κ2) is 5.80. The highest BCUT2D eigenvalue weighted by atomic mass is 16.5. The van der Waals surface area contributed by atoms with Crippen molar-refractivity contribution in [3.8, 4) is 0 Å². The van der Waals surface area contributed by atoms with Crippen molar-refractivity contribution in [2.75, 3.05) is 6.54 Å². The van der Waals surface area contributed by atoms with Gasteiger partial charge in [-0.3, -0.25) is 4.79 Å². The molecule has 1 fully saturated rings. The van der Waals surface area contributed by atoms with Gasteiger partial charge in [-0.2, -0.15) is 0 Å². The molecular weight excluding hydrogens is 302 g/mol. The minimum atomic E-state index is 0.235. The van der Waals surface area contributed by atoms with Crippen molar-refractivity contribution in [2.24, 2.45) is 11.8 Å². The molecule has 1 aliphatic heterocycles. The predicted molar refractivity (Wildman–Crippen MR) is 90.5 cm³/mol. The molecule has 0 N–H and O–H groups in total. The van der Waals surface area contributed by atoms with Crippen molar-refractivity contribution < 1.29 is 9.32 Å². The lowest BCUT2D eigenvalue weighted by molar-refractivity contribution is -0.140. The lowest BCUT2D eigenvalue weighted by atomic mass is 9.75. The summed E-state index contributed by atoms with van der Waals surface area (Å²) in [5.74, 6) is 2.21. The summed E-state index contributed by atoms with van der Waals surface area (Å²) < 4.78 is 7.80. The summed E-state index contributed by atoms with van der Waals surface area (Å²) in [5.41, 5.74) is 4.52. The molecule has 24 heavy (non-hydrogen) atoms. The van der Waals surface area contributed by atoms with Crippen LogP contribution in [0.15, 0.2) is 16.7 Å². The fraction of sp³-hybridized carbons (Fsp3) is 0.579. The van der Waals surface area contributed by atoms with E-state index in [1.807, 2.05) is 4.90 Å². The SMILES string of the molecule is Cc1ccc(C)n1Cc1noc2c1CN(C(=O)C1CC(C)C1)CC2. The Morgan fingerprint density at radius 2 is 2.00 bits per heavy atom. The number of carbonyl (C=O) groups is 1. The van der Waals surface area contributed by atoms with Crippen LogP contribution in [0, 0.1) is 25.7 Å². The summed E-state index contributed by atoms with van der Waals surface area (Å²) in [6.07, 6.45) is 2.86. The maximum absolute atomic E-state index is 12.7. The molecule has 1 amide bonds. The molecule has 4 rings (SSSR count). The van der Waals surface area contributed by atoms with E-state index in [4.69, 9.17) is 4.52 Å². The summed E-state index contributed by atoms with van der Waals surface area (Å²) in [5, 5.41) is 4.31. The van der Waals surface area contributed by atoms with Crippen LogP contribution in [0.25, 0.3) is 0 Å². The van der Waals surface area contributed by atoms with Gasteiger partial charge in [-0.15, -0.1) is 0 Å². The number of nitrogens with zero attached hydrogens (tertiary/aromatic N) is 3. The van der Waals surface area contributed by atoms with Gasteiger partial charge < -0.3 is 14.0 Å². The molecule has 5 heteroatoms. The van der Waals surface area contributed by atoms with E-state index in [0.717, 1.165) is 42.8 Å². The molecule has 0 radical (unpaired) electrons. The number of amides is 1.